The highest BCUT2D eigenvalue weighted by Crippen LogP contribution is 2.30. The summed E-state index contributed by atoms with van der Waals surface area (Å²) in [5.74, 6) is -1.22. The second-order valence-electron chi connectivity index (χ2n) is 5.85. The second kappa shape index (κ2) is 5.92. The van der Waals surface area contributed by atoms with Gasteiger partial charge in [-0.3, -0.25) is 14.5 Å². The third-order valence-electron chi connectivity index (χ3n) is 4.18. The van der Waals surface area contributed by atoms with Crippen molar-refractivity contribution in [3.05, 3.63) is 70.7 Å². The number of benzene rings is 2. The summed E-state index contributed by atoms with van der Waals surface area (Å²) in [4.78, 5) is 26.0. The molecule has 0 radical (unpaired) electrons. The number of nitrogens with zero attached hydrogens (tertiary/aromatic N) is 1. The molecule has 1 N–H and O–H groups in total. The number of nitrogens with one attached hydrogen (secondary N) is 1. The Hall–Kier alpha value is -2.95. The largest absolute Gasteiger partial charge is 0.350 e. The van der Waals surface area contributed by atoms with Gasteiger partial charge in [-0.25, -0.2) is 4.39 Å². The first-order chi connectivity index (χ1) is 11.4. The van der Waals surface area contributed by atoms with Gasteiger partial charge in [0.05, 0.1) is 5.57 Å². The van der Waals surface area contributed by atoms with Crippen molar-refractivity contribution in [2.45, 2.75) is 13.8 Å². The summed E-state index contributed by atoms with van der Waals surface area (Å²) < 4.78 is 13.4. The predicted molar refractivity (Wildman–Crippen MR) is 90.6 cm³/mol. The van der Waals surface area contributed by atoms with Gasteiger partial charge < -0.3 is 5.32 Å². The molecule has 5 heteroatoms. The first-order valence-corrected chi connectivity index (χ1v) is 7.55. The van der Waals surface area contributed by atoms with Crippen LogP contribution in [0.1, 0.15) is 16.7 Å². The van der Waals surface area contributed by atoms with E-state index in [9.17, 15) is 14.0 Å². The average molecular weight is 324 g/mol. The zero-order valence-electron chi connectivity index (χ0n) is 13.7. The lowest BCUT2D eigenvalue weighted by atomic mass is 9.99. The first kappa shape index (κ1) is 15.9. The number of halogens is 1. The zero-order valence-corrected chi connectivity index (χ0v) is 13.7. The van der Waals surface area contributed by atoms with Crippen LogP contribution in [0.5, 0.6) is 0 Å². The molecule has 0 saturated heterocycles. The van der Waals surface area contributed by atoms with E-state index in [2.05, 4.69) is 5.32 Å². The van der Waals surface area contributed by atoms with Crippen molar-refractivity contribution < 1.29 is 14.0 Å². The summed E-state index contributed by atoms with van der Waals surface area (Å²) in [7, 11) is 1.44. The van der Waals surface area contributed by atoms with E-state index >= 15 is 0 Å². The number of anilines is 1. The van der Waals surface area contributed by atoms with E-state index in [0.717, 1.165) is 16.0 Å². The molecule has 4 nitrogen and oxygen atoms in total. The van der Waals surface area contributed by atoms with Gasteiger partial charge in [0, 0.05) is 12.7 Å². The van der Waals surface area contributed by atoms with Gasteiger partial charge in [0.1, 0.15) is 11.5 Å². The highest BCUT2D eigenvalue weighted by Gasteiger charge is 2.36. The van der Waals surface area contributed by atoms with Crippen molar-refractivity contribution in [3.8, 4) is 0 Å². The van der Waals surface area contributed by atoms with Crippen molar-refractivity contribution in [1.82, 2.24) is 4.90 Å². The fourth-order valence-corrected chi connectivity index (χ4v) is 2.63. The molecular formula is C19H17FN2O2. The number of carbonyl (C=O) groups excluding carboxylic acids is 2. The molecule has 0 aliphatic carbocycles. The SMILES string of the molecule is Cc1ccc(C2=C(Nc3cccc(F)c3)C(=O)N(C)C2=O)cc1C. The van der Waals surface area contributed by atoms with Gasteiger partial charge in [0.2, 0.25) is 0 Å². The molecule has 1 aliphatic rings. The molecule has 2 aromatic carbocycles. The monoisotopic (exact) mass is 324 g/mol. The van der Waals surface area contributed by atoms with Gasteiger partial charge in [-0.05, 0) is 48.7 Å². The van der Waals surface area contributed by atoms with Crippen molar-refractivity contribution >= 4 is 23.1 Å². The number of likely N-dealkylation sites (N-methyl/N-ethyl adjacent to an activating group) is 1. The summed E-state index contributed by atoms with van der Waals surface area (Å²) >= 11 is 0. The van der Waals surface area contributed by atoms with E-state index < -0.39 is 11.7 Å². The molecule has 122 valence electrons. The summed E-state index contributed by atoms with van der Waals surface area (Å²) in [6.07, 6.45) is 0. The molecule has 0 unspecified atom stereocenters. The minimum absolute atomic E-state index is 0.163. The number of aryl methyl sites for hydroxylation is 2. The number of carbonyl (C=O) groups is 2. The fourth-order valence-electron chi connectivity index (χ4n) is 2.63. The summed E-state index contributed by atoms with van der Waals surface area (Å²) in [6, 6.07) is 11.4. The summed E-state index contributed by atoms with van der Waals surface area (Å²) in [5.41, 5.74) is 3.68. The minimum Gasteiger partial charge on any atom is -0.350 e. The lowest BCUT2D eigenvalue weighted by Gasteiger charge is -2.09. The van der Waals surface area contributed by atoms with Gasteiger partial charge in [-0.2, -0.15) is 0 Å². The topological polar surface area (TPSA) is 49.4 Å². The molecular weight excluding hydrogens is 307 g/mol. The van der Waals surface area contributed by atoms with Crippen LogP contribution < -0.4 is 5.32 Å². The number of imide groups is 1. The lowest BCUT2D eigenvalue weighted by Crippen LogP contribution is -2.27. The number of hydrogen-bond acceptors (Lipinski definition) is 3. The van der Waals surface area contributed by atoms with Crippen LogP contribution in [0.25, 0.3) is 5.57 Å². The standard InChI is InChI=1S/C19H17FN2O2/c1-11-7-8-13(9-12(11)2)16-17(19(24)22(3)18(16)23)21-15-6-4-5-14(20)10-15/h4-10,21H,1-3H3. The molecule has 0 bridgehead atoms. The van der Waals surface area contributed by atoms with E-state index in [-0.39, 0.29) is 11.6 Å². The van der Waals surface area contributed by atoms with Crippen LogP contribution in [0, 0.1) is 19.7 Å². The van der Waals surface area contributed by atoms with Crippen LogP contribution in [0.3, 0.4) is 0 Å². The van der Waals surface area contributed by atoms with E-state index in [0.29, 0.717) is 16.8 Å². The van der Waals surface area contributed by atoms with Gasteiger partial charge in [0.15, 0.2) is 0 Å². The number of hydrogen-bond donors (Lipinski definition) is 1. The Kier molecular flexibility index (Phi) is 3.93. The molecule has 0 spiro atoms. The normalized spacial score (nSPS) is 14.6. The van der Waals surface area contributed by atoms with Crippen LogP contribution in [0.4, 0.5) is 10.1 Å². The number of amides is 2. The molecule has 2 amide bonds. The van der Waals surface area contributed by atoms with Crippen LogP contribution in [0.2, 0.25) is 0 Å². The zero-order chi connectivity index (χ0) is 17.4. The average Bonchev–Trinajstić information content (AvgIpc) is 2.75. The Labute approximate surface area is 139 Å². The maximum atomic E-state index is 13.4. The van der Waals surface area contributed by atoms with E-state index in [4.69, 9.17) is 0 Å². The van der Waals surface area contributed by atoms with Gasteiger partial charge in [-0.15, -0.1) is 0 Å². The Morgan fingerprint density at radius 2 is 1.71 bits per heavy atom. The number of rotatable bonds is 3. The second-order valence-corrected chi connectivity index (χ2v) is 5.85. The third kappa shape index (κ3) is 2.69. The predicted octanol–water partition coefficient (Wildman–Crippen LogP) is 3.26. The third-order valence-corrected chi connectivity index (χ3v) is 4.18. The van der Waals surface area contributed by atoms with Gasteiger partial charge in [-0.1, -0.05) is 24.3 Å². The Bertz CT molecular complexity index is 887. The smallest absolute Gasteiger partial charge is 0.277 e. The van der Waals surface area contributed by atoms with Crippen molar-refractivity contribution in [2.24, 2.45) is 0 Å². The Morgan fingerprint density at radius 3 is 2.38 bits per heavy atom. The van der Waals surface area contributed by atoms with Crippen molar-refractivity contribution in [2.75, 3.05) is 12.4 Å². The van der Waals surface area contributed by atoms with E-state index in [1.165, 1.54) is 19.2 Å². The maximum Gasteiger partial charge on any atom is 0.277 e. The maximum absolute atomic E-state index is 13.4. The minimum atomic E-state index is -0.433. The molecule has 2 aromatic rings. The molecule has 1 aliphatic heterocycles. The fraction of sp³-hybridized carbons (Fsp3) is 0.158. The molecule has 0 aromatic heterocycles. The summed E-state index contributed by atoms with van der Waals surface area (Å²) in [6.45, 7) is 3.93. The highest BCUT2D eigenvalue weighted by molar-refractivity contribution is 6.36. The van der Waals surface area contributed by atoms with Crippen LogP contribution >= 0.6 is 0 Å². The lowest BCUT2D eigenvalue weighted by molar-refractivity contribution is -0.135. The first-order valence-electron chi connectivity index (χ1n) is 7.55. The molecule has 0 saturated carbocycles. The van der Waals surface area contributed by atoms with E-state index in [1.807, 2.05) is 32.0 Å². The van der Waals surface area contributed by atoms with Crippen molar-refractivity contribution in [1.29, 1.82) is 0 Å². The van der Waals surface area contributed by atoms with E-state index in [1.54, 1.807) is 12.1 Å². The quantitative estimate of drug-likeness (QED) is 0.882. The molecule has 24 heavy (non-hydrogen) atoms. The van der Waals surface area contributed by atoms with Gasteiger partial charge in [0.25, 0.3) is 11.8 Å². The molecule has 0 atom stereocenters. The van der Waals surface area contributed by atoms with Crippen LogP contribution in [-0.4, -0.2) is 23.8 Å². The van der Waals surface area contributed by atoms with Crippen LogP contribution in [-0.2, 0) is 9.59 Å². The Balaban J connectivity index is 2.11. The summed E-state index contributed by atoms with van der Waals surface area (Å²) in [5, 5.41) is 2.90. The van der Waals surface area contributed by atoms with Crippen LogP contribution in [0.15, 0.2) is 48.2 Å². The molecule has 3 rings (SSSR count). The van der Waals surface area contributed by atoms with Crippen molar-refractivity contribution in [3.63, 3.8) is 0 Å². The highest BCUT2D eigenvalue weighted by atomic mass is 19.1. The molecule has 0 fully saturated rings. The Morgan fingerprint density at radius 1 is 0.958 bits per heavy atom. The molecule has 1 heterocycles. The van der Waals surface area contributed by atoms with Gasteiger partial charge >= 0.3 is 0 Å².